The van der Waals surface area contributed by atoms with Crippen molar-refractivity contribution in [3.8, 4) is 11.3 Å². The average Bonchev–Trinajstić information content (AvgIpc) is 3.31. The number of nitrogens with one attached hydrogen (secondary N) is 1. The monoisotopic (exact) mass is 409 g/mol. The van der Waals surface area contributed by atoms with Crippen LogP contribution in [0.25, 0.3) is 21.5 Å². The molecule has 1 saturated carbocycles. The van der Waals surface area contributed by atoms with Gasteiger partial charge in [-0.15, -0.1) is 9.78 Å². The highest BCUT2D eigenvalue weighted by atomic mass is 32.1. The molecule has 5 N–H and O–H groups in total. The SMILES string of the molecule is N=C(Cc1cc2sc(N)nc2cc1F)[n+]1nc(-c2cnn(C3CC3)c2)ccc1N. The lowest BCUT2D eigenvalue weighted by atomic mass is 10.1. The summed E-state index contributed by atoms with van der Waals surface area (Å²) in [6.07, 6.45) is 6.02. The molecule has 0 aliphatic heterocycles. The summed E-state index contributed by atoms with van der Waals surface area (Å²) in [5.74, 6) is -0.0693. The van der Waals surface area contributed by atoms with Crippen molar-refractivity contribution < 1.29 is 9.07 Å². The second kappa shape index (κ2) is 6.59. The van der Waals surface area contributed by atoms with Crippen LogP contribution < -0.4 is 16.1 Å². The van der Waals surface area contributed by atoms with E-state index in [4.69, 9.17) is 16.9 Å². The summed E-state index contributed by atoms with van der Waals surface area (Å²) in [6, 6.07) is 6.97. The quantitative estimate of drug-likeness (QED) is 0.271. The molecule has 0 saturated heterocycles. The Labute approximate surface area is 169 Å². The molecule has 0 spiro atoms. The third-order valence-corrected chi connectivity index (χ3v) is 5.72. The number of rotatable bonds is 4. The van der Waals surface area contributed by atoms with E-state index in [1.165, 1.54) is 22.1 Å². The minimum Gasteiger partial charge on any atom is -0.375 e. The van der Waals surface area contributed by atoms with Crippen molar-refractivity contribution in [3.63, 3.8) is 0 Å². The highest BCUT2D eigenvalue weighted by Gasteiger charge is 2.25. The predicted octanol–water partition coefficient (Wildman–Crippen LogP) is 2.55. The fraction of sp³-hybridized carbons (Fsp3) is 0.211. The Morgan fingerprint density at radius 3 is 2.93 bits per heavy atom. The number of nitrogens with two attached hydrogens (primary N) is 2. The molecule has 0 bridgehead atoms. The number of nitrogens with zero attached hydrogens (tertiary/aromatic N) is 5. The van der Waals surface area contributed by atoms with Gasteiger partial charge in [-0.05, 0) is 30.5 Å². The van der Waals surface area contributed by atoms with Gasteiger partial charge in [0.1, 0.15) is 11.5 Å². The van der Waals surface area contributed by atoms with Gasteiger partial charge in [0, 0.05) is 23.9 Å². The molecule has 1 aromatic carbocycles. The molecule has 3 heterocycles. The van der Waals surface area contributed by atoms with Gasteiger partial charge in [-0.3, -0.25) is 4.68 Å². The molecule has 29 heavy (non-hydrogen) atoms. The lowest BCUT2D eigenvalue weighted by Gasteiger charge is -2.06. The van der Waals surface area contributed by atoms with Crippen molar-refractivity contribution in [1.82, 2.24) is 19.9 Å². The summed E-state index contributed by atoms with van der Waals surface area (Å²) in [5.41, 5.74) is 14.1. The number of thiazole rings is 1. The number of hydrogen-bond acceptors (Lipinski definition) is 7. The minimum atomic E-state index is -0.436. The van der Waals surface area contributed by atoms with Gasteiger partial charge in [0.2, 0.25) is 5.82 Å². The standard InChI is InChI=1S/C19H17FN8S/c20-13-7-15-16(29-19(23)25-15)5-10(13)6-18(22)28-17(21)4-3-14(26-28)11-8-24-27(9-11)12-1-2-12/h3-5,7-9,12,21-22H,1-2,6H2,(H2,23,25)/p+1. The summed E-state index contributed by atoms with van der Waals surface area (Å²) in [4.78, 5) is 4.09. The summed E-state index contributed by atoms with van der Waals surface area (Å²) in [7, 11) is 0. The summed E-state index contributed by atoms with van der Waals surface area (Å²) >= 11 is 1.28. The Balaban J connectivity index is 1.45. The molecule has 0 atom stereocenters. The molecular weight excluding hydrogens is 391 g/mol. The second-order valence-electron chi connectivity index (χ2n) is 7.08. The highest BCUT2D eigenvalue weighted by molar-refractivity contribution is 7.22. The van der Waals surface area contributed by atoms with Crippen molar-refractivity contribution in [1.29, 1.82) is 5.41 Å². The van der Waals surface area contributed by atoms with Gasteiger partial charge in [-0.1, -0.05) is 11.3 Å². The maximum Gasteiger partial charge on any atom is 0.258 e. The van der Waals surface area contributed by atoms with Crippen molar-refractivity contribution in [2.75, 3.05) is 11.5 Å². The maximum atomic E-state index is 14.5. The molecule has 0 radical (unpaired) electrons. The van der Waals surface area contributed by atoms with Crippen LogP contribution in [0.5, 0.6) is 0 Å². The predicted molar refractivity (Wildman–Crippen MR) is 109 cm³/mol. The number of benzene rings is 1. The molecule has 4 aromatic rings. The lowest BCUT2D eigenvalue weighted by Crippen LogP contribution is -2.49. The van der Waals surface area contributed by atoms with Gasteiger partial charge in [-0.25, -0.2) is 9.37 Å². The number of halogens is 1. The zero-order valence-corrected chi connectivity index (χ0v) is 16.2. The first-order valence-electron chi connectivity index (χ1n) is 9.13. The second-order valence-corrected chi connectivity index (χ2v) is 8.14. The fourth-order valence-electron chi connectivity index (χ4n) is 3.21. The van der Waals surface area contributed by atoms with E-state index < -0.39 is 5.82 Å². The highest BCUT2D eigenvalue weighted by Crippen LogP contribution is 2.35. The van der Waals surface area contributed by atoms with Gasteiger partial charge in [-0.2, -0.15) is 10.5 Å². The van der Waals surface area contributed by atoms with E-state index in [2.05, 4.69) is 15.2 Å². The van der Waals surface area contributed by atoms with Gasteiger partial charge in [0.25, 0.3) is 5.84 Å². The van der Waals surface area contributed by atoms with Crippen LogP contribution in [0.4, 0.5) is 15.3 Å². The van der Waals surface area contributed by atoms with Crippen LogP contribution in [-0.4, -0.2) is 25.7 Å². The van der Waals surface area contributed by atoms with E-state index in [1.54, 1.807) is 24.4 Å². The zero-order valence-electron chi connectivity index (χ0n) is 15.3. The van der Waals surface area contributed by atoms with Crippen LogP contribution in [0.1, 0.15) is 24.4 Å². The normalized spacial score (nSPS) is 13.8. The molecule has 5 rings (SSSR count). The fourth-order valence-corrected chi connectivity index (χ4v) is 3.99. The number of hydrogen-bond donors (Lipinski definition) is 3. The first-order valence-corrected chi connectivity index (χ1v) is 9.95. The number of fused-ring (bicyclic) bond motifs is 1. The zero-order chi connectivity index (χ0) is 20.1. The molecule has 8 nitrogen and oxygen atoms in total. The Bertz CT molecular complexity index is 1260. The van der Waals surface area contributed by atoms with E-state index in [-0.39, 0.29) is 12.3 Å². The molecule has 1 fully saturated rings. The van der Waals surface area contributed by atoms with E-state index in [1.807, 2.05) is 10.9 Å². The number of aromatic nitrogens is 5. The molecule has 146 valence electrons. The van der Waals surface area contributed by atoms with Gasteiger partial charge in [0.15, 0.2) is 5.13 Å². The Morgan fingerprint density at radius 1 is 1.31 bits per heavy atom. The third-order valence-electron chi connectivity index (χ3n) is 4.87. The Hall–Kier alpha value is -3.40. The molecule has 3 aromatic heterocycles. The largest absolute Gasteiger partial charge is 0.375 e. The smallest absolute Gasteiger partial charge is 0.258 e. The Morgan fingerprint density at radius 2 is 2.14 bits per heavy atom. The summed E-state index contributed by atoms with van der Waals surface area (Å²) in [5, 5.41) is 17.7. The minimum absolute atomic E-state index is 0.0340. The van der Waals surface area contributed by atoms with E-state index in [0.29, 0.717) is 33.8 Å². The first-order chi connectivity index (χ1) is 14.0. The summed E-state index contributed by atoms with van der Waals surface area (Å²) in [6.45, 7) is 0. The van der Waals surface area contributed by atoms with Crippen LogP contribution in [0.2, 0.25) is 0 Å². The summed E-state index contributed by atoms with van der Waals surface area (Å²) < 4.78 is 18.5. The van der Waals surface area contributed by atoms with E-state index in [9.17, 15) is 4.39 Å². The first kappa shape index (κ1) is 17.7. The van der Waals surface area contributed by atoms with Crippen LogP contribution >= 0.6 is 11.3 Å². The van der Waals surface area contributed by atoms with E-state index >= 15 is 0 Å². The molecule has 0 unspecified atom stereocenters. The van der Waals surface area contributed by atoms with Crippen LogP contribution in [0.3, 0.4) is 0 Å². The molecule has 0 amide bonds. The molecular formula is C19H18FN8S+. The van der Waals surface area contributed by atoms with Crippen molar-refractivity contribution in [3.05, 3.63) is 48.0 Å². The number of nitrogen functional groups attached to an aromatic ring is 2. The van der Waals surface area contributed by atoms with Crippen LogP contribution in [0, 0.1) is 11.2 Å². The third kappa shape index (κ3) is 3.31. The topological polar surface area (TPSA) is 123 Å². The average molecular weight is 409 g/mol. The van der Waals surface area contributed by atoms with Crippen molar-refractivity contribution in [2.45, 2.75) is 25.3 Å². The lowest BCUT2D eigenvalue weighted by molar-refractivity contribution is -0.608. The van der Waals surface area contributed by atoms with Crippen LogP contribution in [-0.2, 0) is 6.42 Å². The Kier molecular flexibility index (Phi) is 4.02. The molecule has 1 aliphatic rings. The number of anilines is 2. The molecule has 10 heteroatoms. The van der Waals surface area contributed by atoms with Crippen molar-refractivity contribution in [2.24, 2.45) is 0 Å². The van der Waals surface area contributed by atoms with Gasteiger partial charge < -0.3 is 11.5 Å². The maximum absolute atomic E-state index is 14.5. The van der Waals surface area contributed by atoms with E-state index in [0.717, 1.165) is 23.1 Å². The van der Waals surface area contributed by atoms with Crippen LogP contribution in [0.15, 0.2) is 36.7 Å². The van der Waals surface area contributed by atoms with Crippen molar-refractivity contribution >= 4 is 38.3 Å². The van der Waals surface area contributed by atoms with Gasteiger partial charge in [0.05, 0.1) is 28.9 Å². The van der Waals surface area contributed by atoms with Gasteiger partial charge >= 0.3 is 0 Å². The molecule has 1 aliphatic carbocycles.